The Morgan fingerprint density at radius 1 is 1.12 bits per heavy atom. The Kier molecular flexibility index (Phi) is 3.74. The summed E-state index contributed by atoms with van der Waals surface area (Å²) in [6.07, 6.45) is 13.3. The van der Waals surface area contributed by atoms with E-state index in [4.69, 9.17) is 18.0 Å². The van der Waals surface area contributed by atoms with Gasteiger partial charge in [0.05, 0.1) is 0 Å². The Morgan fingerprint density at radius 2 is 1.83 bits per heavy atom. The Morgan fingerprint density at radius 3 is 2.54 bits per heavy atom. The van der Waals surface area contributed by atoms with E-state index in [1.165, 1.54) is 18.4 Å². The van der Waals surface area contributed by atoms with Crippen LogP contribution in [0.3, 0.4) is 0 Å². The lowest BCUT2D eigenvalue weighted by Gasteiger charge is -2.57. The minimum absolute atomic E-state index is 0.0956. The molecule has 0 aromatic carbocycles. The molecule has 0 radical (unpaired) electrons. The third kappa shape index (κ3) is 2.05. The average molecular weight is 345 g/mol. The molecule has 3 saturated carbocycles. The van der Waals surface area contributed by atoms with E-state index in [9.17, 15) is 4.79 Å². The first-order chi connectivity index (χ1) is 11.3. The second kappa shape index (κ2) is 5.38. The molecule has 2 heteroatoms. The van der Waals surface area contributed by atoms with E-state index in [2.05, 4.69) is 26.7 Å². The summed E-state index contributed by atoms with van der Waals surface area (Å²) in [6.45, 7) is 6.81. The topological polar surface area (TPSA) is 17.1 Å². The smallest absolute Gasteiger partial charge is 0.141 e. The molecule has 0 saturated heterocycles. The highest BCUT2D eigenvalue weighted by Gasteiger charge is 2.61. The number of Topliss-reactive ketones (excluding diaryl/α,β-unsaturated/α-hetero) is 1. The van der Waals surface area contributed by atoms with Crippen molar-refractivity contribution in [3.63, 3.8) is 0 Å². The minimum Gasteiger partial charge on any atom is -0.299 e. The van der Waals surface area contributed by atoms with Crippen molar-refractivity contribution in [1.82, 2.24) is 0 Å². The lowest BCUT2D eigenvalue weighted by atomic mass is 9.47. The van der Waals surface area contributed by atoms with Gasteiger partial charge in [0.25, 0.3) is 0 Å². The molecule has 4 aliphatic carbocycles. The van der Waals surface area contributed by atoms with Crippen LogP contribution in [-0.4, -0.2) is 5.78 Å². The number of ketones is 1. The zero-order valence-corrected chi connectivity index (χ0v) is 16.0. The van der Waals surface area contributed by atoms with Crippen LogP contribution in [0.25, 0.3) is 0 Å². The largest absolute Gasteiger partial charge is 0.299 e. The number of terminal acetylenes is 1. The fraction of sp³-hybridized carbons (Fsp3) is 0.773. The molecule has 0 aromatic rings. The first-order valence-electron chi connectivity index (χ1n) is 9.69. The van der Waals surface area contributed by atoms with Gasteiger partial charge in [-0.1, -0.05) is 32.4 Å². The molecule has 0 N–H and O–H groups in total. The summed E-state index contributed by atoms with van der Waals surface area (Å²) in [5.41, 5.74) is 1.58. The number of rotatable bonds is 0. The molecule has 24 heavy (non-hydrogen) atoms. The van der Waals surface area contributed by atoms with Crippen LogP contribution in [0.15, 0.2) is 10.6 Å². The maximum atomic E-state index is 12.8. The molecule has 1 nitrogen and oxygen atoms in total. The molecule has 2 unspecified atom stereocenters. The van der Waals surface area contributed by atoms with Gasteiger partial charge in [0, 0.05) is 22.3 Å². The molecule has 0 bridgehead atoms. The maximum absolute atomic E-state index is 12.8. The second-order valence-corrected chi connectivity index (χ2v) is 9.90. The number of hydrogen-bond acceptors (Lipinski definition) is 1. The summed E-state index contributed by atoms with van der Waals surface area (Å²) in [5.74, 6) is 5.86. The molecule has 4 rings (SSSR count). The Bertz CT molecular complexity index is 655. The van der Waals surface area contributed by atoms with Crippen LogP contribution in [0.5, 0.6) is 0 Å². The van der Waals surface area contributed by atoms with Crippen LogP contribution in [0.4, 0.5) is 0 Å². The molecule has 0 heterocycles. The molecule has 3 fully saturated rings. The molecule has 0 spiro atoms. The summed E-state index contributed by atoms with van der Waals surface area (Å²) in [7, 11) is 0. The number of carbonyl (C=O) groups excluding carboxylic acids is 1. The van der Waals surface area contributed by atoms with Crippen LogP contribution < -0.4 is 0 Å². The van der Waals surface area contributed by atoms with Gasteiger partial charge in [0.1, 0.15) is 5.78 Å². The Labute approximate surface area is 151 Å². The van der Waals surface area contributed by atoms with Gasteiger partial charge in [-0.15, -0.1) is 12.3 Å². The van der Waals surface area contributed by atoms with Gasteiger partial charge < -0.3 is 0 Å². The summed E-state index contributed by atoms with van der Waals surface area (Å²) in [4.78, 5) is 12.8. The predicted octanol–water partition coefficient (Wildman–Crippen LogP) is 5.58. The van der Waals surface area contributed by atoms with E-state index < -0.39 is 0 Å². The van der Waals surface area contributed by atoms with Crippen molar-refractivity contribution in [2.24, 2.45) is 40.4 Å². The van der Waals surface area contributed by atoms with Gasteiger partial charge >= 0.3 is 0 Å². The van der Waals surface area contributed by atoms with Gasteiger partial charge in [0.15, 0.2) is 0 Å². The highest BCUT2D eigenvalue weighted by molar-refractivity contribution is 6.30. The number of halogens is 1. The van der Waals surface area contributed by atoms with Crippen molar-refractivity contribution in [2.75, 3.05) is 0 Å². The molecule has 7 atom stereocenters. The SMILES string of the molecule is C#CC1CC[C@@]2(C)C(=C(Cl)C[C@@H]3[C@H]2CC[C@]2(C)C(=O)C(C)C[C@@H]32)C1. The number of hydrogen-bond donors (Lipinski definition) is 0. The van der Waals surface area contributed by atoms with Crippen molar-refractivity contribution in [3.05, 3.63) is 10.6 Å². The number of allylic oxidation sites excluding steroid dienone is 2. The minimum atomic E-state index is -0.0956. The maximum Gasteiger partial charge on any atom is 0.141 e. The molecule has 0 amide bonds. The predicted molar refractivity (Wildman–Crippen MR) is 98.4 cm³/mol. The molecular formula is C22H29ClO. The highest BCUT2D eigenvalue weighted by Crippen LogP contribution is 2.66. The second-order valence-electron chi connectivity index (χ2n) is 9.45. The summed E-state index contributed by atoms with van der Waals surface area (Å²) in [5, 5.41) is 1.08. The third-order valence-corrected chi connectivity index (χ3v) is 8.78. The third-order valence-electron chi connectivity index (χ3n) is 8.39. The van der Waals surface area contributed by atoms with Gasteiger partial charge in [-0.3, -0.25) is 4.79 Å². The van der Waals surface area contributed by atoms with Gasteiger partial charge in [-0.05, 0) is 73.7 Å². The van der Waals surface area contributed by atoms with Crippen LogP contribution in [0.2, 0.25) is 0 Å². The van der Waals surface area contributed by atoms with Crippen molar-refractivity contribution in [3.8, 4) is 12.3 Å². The van der Waals surface area contributed by atoms with Gasteiger partial charge in [0.2, 0.25) is 0 Å². The van der Waals surface area contributed by atoms with Crippen molar-refractivity contribution >= 4 is 17.4 Å². The fourth-order valence-corrected chi connectivity index (χ4v) is 7.45. The molecular weight excluding hydrogens is 316 g/mol. The highest BCUT2D eigenvalue weighted by atomic mass is 35.5. The monoisotopic (exact) mass is 344 g/mol. The average Bonchev–Trinajstić information content (AvgIpc) is 2.79. The summed E-state index contributed by atoms with van der Waals surface area (Å²) in [6, 6.07) is 0. The van der Waals surface area contributed by atoms with Crippen LogP contribution >= 0.6 is 11.6 Å². The van der Waals surface area contributed by atoms with E-state index in [1.807, 2.05) is 0 Å². The summed E-state index contributed by atoms with van der Waals surface area (Å²) >= 11 is 6.86. The van der Waals surface area contributed by atoms with Gasteiger partial charge in [-0.2, -0.15) is 0 Å². The van der Waals surface area contributed by atoms with E-state index in [1.54, 1.807) is 0 Å². The lowest BCUT2D eigenvalue weighted by Crippen LogP contribution is -2.50. The van der Waals surface area contributed by atoms with Crippen LogP contribution in [-0.2, 0) is 4.79 Å². The van der Waals surface area contributed by atoms with Crippen molar-refractivity contribution in [1.29, 1.82) is 0 Å². The summed E-state index contributed by atoms with van der Waals surface area (Å²) < 4.78 is 0. The van der Waals surface area contributed by atoms with E-state index >= 15 is 0 Å². The van der Waals surface area contributed by atoms with Crippen molar-refractivity contribution < 1.29 is 4.79 Å². The fourth-order valence-electron chi connectivity index (χ4n) is 6.98. The zero-order valence-electron chi connectivity index (χ0n) is 15.2. The number of fused-ring (bicyclic) bond motifs is 5. The zero-order chi connectivity index (χ0) is 17.3. The van der Waals surface area contributed by atoms with E-state index in [0.29, 0.717) is 29.5 Å². The van der Waals surface area contributed by atoms with Gasteiger partial charge in [-0.25, -0.2) is 0 Å². The van der Waals surface area contributed by atoms with E-state index in [0.717, 1.165) is 37.1 Å². The lowest BCUT2D eigenvalue weighted by molar-refractivity contribution is -0.133. The molecule has 0 aliphatic heterocycles. The Balaban J connectivity index is 1.73. The van der Waals surface area contributed by atoms with E-state index in [-0.39, 0.29) is 16.7 Å². The van der Waals surface area contributed by atoms with Crippen molar-refractivity contribution in [2.45, 2.75) is 65.7 Å². The number of carbonyl (C=O) groups is 1. The molecule has 130 valence electrons. The van der Waals surface area contributed by atoms with Crippen LogP contribution in [0.1, 0.15) is 65.7 Å². The quantitative estimate of drug-likeness (QED) is 0.524. The van der Waals surface area contributed by atoms with Crippen LogP contribution in [0, 0.1) is 52.8 Å². The normalized spacial score (nSPS) is 50.8. The molecule has 4 aliphatic rings. The first kappa shape index (κ1) is 16.7. The standard InChI is InChI=1S/C22H29ClO/c1-5-14-6-8-21(3)16-7-9-22(4)17(10-13(2)20(22)24)15(16)12-19(23)18(21)11-14/h1,13-17H,6-12H2,2-4H3/t13?,14?,15-,16-,17+,21-,22+/m1/s1. The Hall–Kier alpha value is -0.740. The molecule has 0 aromatic heterocycles. The first-order valence-corrected chi connectivity index (χ1v) is 10.1.